The molecule has 2 aromatic rings. The van der Waals surface area contributed by atoms with E-state index in [9.17, 15) is 5.11 Å². The lowest BCUT2D eigenvalue weighted by Crippen LogP contribution is -2.59. The first-order chi connectivity index (χ1) is 15.6. The maximum Gasteiger partial charge on any atom is 0.230 e. The molecule has 2 aliphatic heterocycles. The largest absolute Gasteiger partial charge is 0.481 e. The number of H-pyrrole nitrogens is 1. The number of rotatable bonds is 7. The minimum absolute atomic E-state index is 0.0857. The molecule has 1 aliphatic carbocycles. The summed E-state index contributed by atoms with van der Waals surface area (Å²) in [4.78, 5) is 14.6. The highest BCUT2D eigenvalue weighted by Crippen LogP contribution is 2.41. The van der Waals surface area contributed by atoms with Gasteiger partial charge in [0.05, 0.1) is 19.4 Å². The van der Waals surface area contributed by atoms with E-state index in [4.69, 9.17) is 9.72 Å². The first-order valence-electron chi connectivity index (χ1n) is 12.0. The normalized spacial score (nSPS) is 26.3. The number of aliphatic hydroxyl groups excluding tert-OH is 1. The summed E-state index contributed by atoms with van der Waals surface area (Å²) in [6.07, 6.45) is 11.9. The van der Waals surface area contributed by atoms with Gasteiger partial charge in [0.25, 0.3) is 0 Å². The number of nitrogens with one attached hydrogen (secondary N) is 2. The summed E-state index contributed by atoms with van der Waals surface area (Å²) in [5, 5.41) is 19.4. The third kappa shape index (κ3) is 4.28. The lowest BCUT2D eigenvalue weighted by atomic mass is 9.80. The molecule has 0 amide bonds. The third-order valence-electron chi connectivity index (χ3n) is 7.57. The summed E-state index contributed by atoms with van der Waals surface area (Å²) < 4.78 is 5.46. The van der Waals surface area contributed by atoms with E-state index in [0.29, 0.717) is 47.3 Å². The molecule has 3 atom stereocenters. The minimum atomic E-state index is -0.0857. The standard InChI is InChI=1S/C23H35N7O2/c1-29(19-11-17-8-5-9-18(12-19)30(17)16-6-3-4-7-16)23-25-20(13-22(26-23)32-2)24-21-10-15(14-31)27-28-21/h10,13,16-19,31H,3-9,11-12,14H2,1-2H3,(H2,24,25,26,27,28)/t17-,18+,19?. The molecule has 174 valence electrons. The van der Waals surface area contributed by atoms with Crippen molar-refractivity contribution >= 4 is 17.6 Å². The molecule has 1 unspecified atom stereocenters. The van der Waals surface area contributed by atoms with Crippen LogP contribution < -0.4 is 15.0 Å². The summed E-state index contributed by atoms with van der Waals surface area (Å²) in [6, 6.07) is 6.12. The average Bonchev–Trinajstić information content (AvgIpc) is 3.49. The summed E-state index contributed by atoms with van der Waals surface area (Å²) in [5.41, 5.74) is 0.645. The smallest absolute Gasteiger partial charge is 0.230 e. The summed E-state index contributed by atoms with van der Waals surface area (Å²) in [7, 11) is 3.74. The van der Waals surface area contributed by atoms with Crippen LogP contribution in [-0.2, 0) is 6.61 Å². The second-order valence-corrected chi connectivity index (χ2v) is 9.52. The molecule has 4 heterocycles. The molecule has 9 nitrogen and oxygen atoms in total. The molecule has 32 heavy (non-hydrogen) atoms. The van der Waals surface area contributed by atoms with Crippen molar-refractivity contribution in [3.63, 3.8) is 0 Å². The van der Waals surface area contributed by atoms with Crippen LogP contribution in [0.1, 0.15) is 63.5 Å². The van der Waals surface area contributed by atoms with E-state index in [1.165, 1.54) is 57.8 Å². The molecular formula is C23H35N7O2. The van der Waals surface area contributed by atoms with Crippen molar-refractivity contribution in [3.05, 3.63) is 17.8 Å². The van der Waals surface area contributed by atoms with Gasteiger partial charge in [-0.1, -0.05) is 19.3 Å². The van der Waals surface area contributed by atoms with Gasteiger partial charge in [-0.25, -0.2) is 0 Å². The fraction of sp³-hybridized carbons (Fsp3) is 0.696. The fourth-order valence-corrected chi connectivity index (χ4v) is 6.04. The van der Waals surface area contributed by atoms with Crippen LogP contribution in [0.15, 0.2) is 12.1 Å². The Morgan fingerprint density at radius 1 is 1.06 bits per heavy atom. The number of hydrogen-bond acceptors (Lipinski definition) is 8. The highest BCUT2D eigenvalue weighted by molar-refractivity contribution is 5.55. The quantitative estimate of drug-likeness (QED) is 0.602. The molecule has 2 saturated heterocycles. The number of aromatic amines is 1. The van der Waals surface area contributed by atoms with E-state index >= 15 is 0 Å². The predicted molar refractivity (Wildman–Crippen MR) is 123 cm³/mol. The number of fused-ring (bicyclic) bond motifs is 2. The maximum absolute atomic E-state index is 9.26. The third-order valence-corrected chi connectivity index (χ3v) is 7.57. The van der Waals surface area contributed by atoms with Crippen LogP contribution in [-0.4, -0.2) is 68.5 Å². The molecule has 2 bridgehead atoms. The number of piperidine rings is 2. The Bertz CT molecular complexity index is 899. The van der Waals surface area contributed by atoms with Gasteiger partial charge >= 0.3 is 0 Å². The van der Waals surface area contributed by atoms with E-state index in [2.05, 4.69) is 37.3 Å². The predicted octanol–water partition coefficient (Wildman–Crippen LogP) is 3.21. The number of aromatic nitrogens is 4. The van der Waals surface area contributed by atoms with Crippen molar-refractivity contribution in [1.82, 2.24) is 25.1 Å². The highest BCUT2D eigenvalue weighted by atomic mass is 16.5. The second-order valence-electron chi connectivity index (χ2n) is 9.52. The topological polar surface area (TPSA) is 102 Å². The molecule has 5 rings (SSSR count). The van der Waals surface area contributed by atoms with Crippen molar-refractivity contribution in [2.75, 3.05) is 24.4 Å². The average molecular weight is 442 g/mol. The Balaban J connectivity index is 1.34. The lowest BCUT2D eigenvalue weighted by molar-refractivity contribution is -0.00400. The van der Waals surface area contributed by atoms with Crippen molar-refractivity contribution in [2.24, 2.45) is 0 Å². The van der Waals surface area contributed by atoms with Gasteiger partial charge in [0.2, 0.25) is 11.8 Å². The zero-order valence-corrected chi connectivity index (χ0v) is 19.1. The Labute approximate surface area is 189 Å². The van der Waals surface area contributed by atoms with Crippen LogP contribution in [0.4, 0.5) is 17.6 Å². The summed E-state index contributed by atoms with van der Waals surface area (Å²) in [5.74, 6) is 2.41. The first kappa shape index (κ1) is 21.5. The molecular weight excluding hydrogens is 406 g/mol. The monoisotopic (exact) mass is 441 g/mol. The van der Waals surface area contributed by atoms with Crippen LogP contribution >= 0.6 is 0 Å². The second kappa shape index (κ2) is 9.23. The van der Waals surface area contributed by atoms with Crippen LogP contribution in [0, 0.1) is 0 Å². The number of nitrogens with zero attached hydrogens (tertiary/aromatic N) is 5. The number of hydrogen-bond donors (Lipinski definition) is 3. The highest BCUT2D eigenvalue weighted by Gasteiger charge is 2.43. The van der Waals surface area contributed by atoms with E-state index in [0.717, 1.165) is 6.04 Å². The Hall–Kier alpha value is -2.39. The van der Waals surface area contributed by atoms with Gasteiger partial charge in [0, 0.05) is 43.3 Å². The van der Waals surface area contributed by atoms with Gasteiger partial charge < -0.3 is 20.1 Å². The number of aliphatic hydroxyl groups is 1. The fourth-order valence-electron chi connectivity index (χ4n) is 6.04. The zero-order chi connectivity index (χ0) is 22.1. The molecule has 1 saturated carbocycles. The van der Waals surface area contributed by atoms with Crippen molar-refractivity contribution in [2.45, 2.75) is 88.6 Å². The minimum Gasteiger partial charge on any atom is -0.481 e. The number of ether oxygens (including phenoxy) is 1. The Kier molecular flexibility index (Phi) is 6.19. The van der Waals surface area contributed by atoms with Gasteiger partial charge in [0.15, 0.2) is 5.82 Å². The van der Waals surface area contributed by atoms with E-state index in [-0.39, 0.29) is 6.61 Å². The van der Waals surface area contributed by atoms with Gasteiger partial charge in [-0.05, 0) is 38.5 Å². The molecule has 3 fully saturated rings. The van der Waals surface area contributed by atoms with Crippen LogP contribution in [0.3, 0.4) is 0 Å². The molecule has 0 radical (unpaired) electrons. The van der Waals surface area contributed by atoms with Crippen LogP contribution in [0.25, 0.3) is 0 Å². The Morgan fingerprint density at radius 3 is 2.44 bits per heavy atom. The maximum atomic E-state index is 9.26. The molecule has 9 heteroatoms. The zero-order valence-electron chi connectivity index (χ0n) is 19.1. The molecule has 3 aliphatic rings. The van der Waals surface area contributed by atoms with Gasteiger partial charge in [-0.3, -0.25) is 10.00 Å². The molecule has 0 spiro atoms. The Morgan fingerprint density at radius 2 is 1.78 bits per heavy atom. The van der Waals surface area contributed by atoms with E-state index in [1.54, 1.807) is 19.2 Å². The SMILES string of the molecule is COc1cc(Nc2cc(CO)[nH]n2)nc(N(C)C2C[C@H]3CCC[C@@H](C2)N3C2CCCC2)n1. The van der Waals surface area contributed by atoms with Crippen molar-refractivity contribution in [1.29, 1.82) is 0 Å². The molecule has 3 N–H and O–H groups in total. The van der Waals surface area contributed by atoms with Crippen LogP contribution in [0.5, 0.6) is 5.88 Å². The van der Waals surface area contributed by atoms with Crippen molar-refractivity contribution in [3.8, 4) is 5.88 Å². The molecule has 0 aromatic carbocycles. The van der Waals surface area contributed by atoms with E-state index < -0.39 is 0 Å². The number of methoxy groups -OCH3 is 1. The van der Waals surface area contributed by atoms with Crippen LogP contribution in [0.2, 0.25) is 0 Å². The molecule has 2 aromatic heterocycles. The summed E-state index contributed by atoms with van der Waals surface area (Å²) in [6.45, 7) is -0.0857. The number of anilines is 3. The lowest BCUT2D eigenvalue weighted by Gasteiger charge is -2.53. The van der Waals surface area contributed by atoms with Gasteiger partial charge in [0.1, 0.15) is 5.82 Å². The van der Waals surface area contributed by atoms with Crippen molar-refractivity contribution < 1.29 is 9.84 Å². The summed E-state index contributed by atoms with van der Waals surface area (Å²) >= 11 is 0. The van der Waals surface area contributed by atoms with E-state index in [1.807, 2.05) is 0 Å². The van der Waals surface area contributed by atoms with Gasteiger partial charge in [-0.2, -0.15) is 15.1 Å². The first-order valence-corrected chi connectivity index (χ1v) is 12.0. The van der Waals surface area contributed by atoms with Gasteiger partial charge in [-0.15, -0.1) is 0 Å².